The number of benzene rings is 1. The first-order chi connectivity index (χ1) is 9.36. The van der Waals surface area contributed by atoms with Crippen LogP contribution in [0.15, 0.2) is 35.2 Å². The van der Waals surface area contributed by atoms with Crippen LogP contribution in [-0.2, 0) is 6.42 Å². The van der Waals surface area contributed by atoms with Gasteiger partial charge in [-0.1, -0.05) is 6.07 Å². The second-order valence-electron chi connectivity index (χ2n) is 4.32. The van der Waals surface area contributed by atoms with Crippen LogP contribution < -0.4 is 5.32 Å². The van der Waals surface area contributed by atoms with Gasteiger partial charge in [0.25, 0.3) is 0 Å². The molecular weight excluding hydrogens is 256 g/mol. The van der Waals surface area contributed by atoms with Crippen molar-refractivity contribution >= 4 is 17.6 Å². The van der Waals surface area contributed by atoms with Crippen LogP contribution >= 0.6 is 11.8 Å². The Kier molecular flexibility index (Phi) is 3.34. The summed E-state index contributed by atoms with van der Waals surface area (Å²) >= 11 is 1.92. The van der Waals surface area contributed by atoms with Crippen molar-refractivity contribution in [3.63, 3.8) is 0 Å². The maximum Gasteiger partial charge on any atom is 0.182 e. The van der Waals surface area contributed by atoms with E-state index < -0.39 is 0 Å². The molecule has 0 radical (unpaired) electrons. The fraction of sp³-hybridized carbons (Fsp3) is 0.214. The number of thioether (sulfide) groups is 1. The van der Waals surface area contributed by atoms with Gasteiger partial charge in [0.15, 0.2) is 12.0 Å². The molecule has 2 aromatic rings. The lowest BCUT2D eigenvalue weighted by Crippen LogP contribution is -1.99. The Morgan fingerprint density at radius 3 is 2.95 bits per heavy atom. The van der Waals surface area contributed by atoms with E-state index in [0.717, 1.165) is 17.7 Å². The highest BCUT2D eigenvalue weighted by atomic mass is 32.2. The topological polar surface area (TPSA) is 61.6 Å². The van der Waals surface area contributed by atoms with Crippen molar-refractivity contribution in [3.05, 3.63) is 35.9 Å². The standard InChI is InChI=1S/C14H12N4S/c15-9-16-14-6-4-12(17-18-14)10-3-5-13-11(8-10)2-1-7-19-13/h3-6,8H,1-2,7H2,(H,16,18). The van der Waals surface area contributed by atoms with Crippen molar-refractivity contribution in [2.45, 2.75) is 17.7 Å². The minimum Gasteiger partial charge on any atom is -0.275 e. The van der Waals surface area contributed by atoms with E-state index in [1.807, 2.05) is 24.0 Å². The van der Waals surface area contributed by atoms with Crippen molar-refractivity contribution in [3.8, 4) is 17.5 Å². The summed E-state index contributed by atoms with van der Waals surface area (Å²) in [4.78, 5) is 1.38. The van der Waals surface area contributed by atoms with Gasteiger partial charge in [0.05, 0.1) is 5.69 Å². The number of nitrogens with one attached hydrogen (secondary N) is 1. The molecule has 0 saturated heterocycles. The lowest BCUT2D eigenvalue weighted by atomic mass is 10.0. The molecule has 0 fully saturated rings. The molecule has 0 aliphatic carbocycles. The molecular formula is C14H12N4S. The average molecular weight is 268 g/mol. The van der Waals surface area contributed by atoms with E-state index >= 15 is 0 Å². The SMILES string of the molecule is N#CNc1ccc(-c2ccc3c(c2)CCCS3)nn1. The first kappa shape index (κ1) is 12.0. The van der Waals surface area contributed by atoms with Crippen LogP contribution in [0.2, 0.25) is 0 Å². The molecule has 1 aromatic carbocycles. The fourth-order valence-electron chi connectivity index (χ4n) is 2.13. The van der Waals surface area contributed by atoms with E-state index in [0.29, 0.717) is 5.82 Å². The molecule has 94 valence electrons. The Hall–Kier alpha value is -2.06. The maximum absolute atomic E-state index is 8.51. The number of nitrogens with zero attached hydrogens (tertiary/aromatic N) is 3. The van der Waals surface area contributed by atoms with Crippen LogP contribution in [0.4, 0.5) is 5.82 Å². The molecule has 0 saturated carbocycles. The summed E-state index contributed by atoms with van der Waals surface area (Å²) in [6.07, 6.45) is 4.20. The lowest BCUT2D eigenvalue weighted by molar-refractivity contribution is 0.890. The van der Waals surface area contributed by atoms with Gasteiger partial charge in [0.1, 0.15) is 0 Å². The van der Waals surface area contributed by atoms with E-state index in [1.54, 1.807) is 6.07 Å². The van der Waals surface area contributed by atoms with Gasteiger partial charge < -0.3 is 0 Å². The number of hydrogen-bond donors (Lipinski definition) is 1. The van der Waals surface area contributed by atoms with E-state index in [2.05, 4.69) is 33.7 Å². The predicted octanol–water partition coefficient (Wildman–Crippen LogP) is 3.07. The van der Waals surface area contributed by atoms with Gasteiger partial charge in [-0.2, -0.15) is 5.26 Å². The lowest BCUT2D eigenvalue weighted by Gasteiger charge is -2.15. The first-order valence-electron chi connectivity index (χ1n) is 6.12. The van der Waals surface area contributed by atoms with Crippen molar-refractivity contribution in [2.75, 3.05) is 11.1 Å². The van der Waals surface area contributed by atoms with Crippen molar-refractivity contribution in [1.29, 1.82) is 5.26 Å². The van der Waals surface area contributed by atoms with Crippen LogP contribution in [0.25, 0.3) is 11.3 Å². The number of fused-ring (bicyclic) bond motifs is 1. The van der Waals surface area contributed by atoms with Gasteiger partial charge in [-0.3, -0.25) is 5.32 Å². The van der Waals surface area contributed by atoms with Crippen LogP contribution in [-0.4, -0.2) is 16.0 Å². The highest BCUT2D eigenvalue weighted by molar-refractivity contribution is 7.99. The minimum atomic E-state index is 0.472. The molecule has 1 aliphatic heterocycles. The van der Waals surface area contributed by atoms with Crippen LogP contribution in [0.1, 0.15) is 12.0 Å². The molecule has 0 unspecified atom stereocenters. The minimum absolute atomic E-state index is 0.472. The smallest absolute Gasteiger partial charge is 0.182 e. The third-order valence-corrected chi connectivity index (χ3v) is 4.25. The quantitative estimate of drug-likeness (QED) is 0.670. The Morgan fingerprint density at radius 1 is 1.21 bits per heavy atom. The zero-order chi connectivity index (χ0) is 13.1. The molecule has 19 heavy (non-hydrogen) atoms. The molecule has 1 N–H and O–H groups in total. The summed E-state index contributed by atoms with van der Waals surface area (Å²) in [6, 6.07) is 10.1. The molecule has 0 spiro atoms. The van der Waals surface area contributed by atoms with E-state index in [9.17, 15) is 0 Å². The fourth-order valence-corrected chi connectivity index (χ4v) is 3.15. The van der Waals surface area contributed by atoms with Gasteiger partial charge in [0, 0.05) is 10.5 Å². The Balaban J connectivity index is 1.91. The summed E-state index contributed by atoms with van der Waals surface area (Å²) in [7, 11) is 0. The summed E-state index contributed by atoms with van der Waals surface area (Å²) in [5.74, 6) is 1.68. The number of hydrogen-bond acceptors (Lipinski definition) is 5. The average Bonchev–Trinajstić information content (AvgIpc) is 2.48. The van der Waals surface area contributed by atoms with Crippen LogP contribution in [0.5, 0.6) is 0 Å². The molecule has 0 amide bonds. The Labute approximate surface area is 115 Å². The molecule has 0 bridgehead atoms. The summed E-state index contributed by atoms with van der Waals surface area (Å²) in [5.41, 5.74) is 3.31. The highest BCUT2D eigenvalue weighted by Gasteiger charge is 2.11. The third-order valence-electron chi connectivity index (χ3n) is 3.05. The molecule has 3 rings (SSSR count). The maximum atomic E-state index is 8.51. The molecule has 4 nitrogen and oxygen atoms in total. The highest BCUT2D eigenvalue weighted by Crippen LogP contribution is 2.32. The predicted molar refractivity (Wildman–Crippen MR) is 75.7 cm³/mol. The zero-order valence-electron chi connectivity index (χ0n) is 10.3. The number of aromatic nitrogens is 2. The van der Waals surface area contributed by atoms with Crippen LogP contribution in [0, 0.1) is 11.5 Å². The van der Waals surface area contributed by atoms with Crippen LogP contribution in [0.3, 0.4) is 0 Å². The van der Waals surface area contributed by atoms with Gasteiger partial charge in [-0.15, -0.1) is 22.0 Å². The van der Waals surface area contributed by atoms with E-state index in [4.69, 9.17) is 5.26 Å². The third kappa shape index (κ3) is 2.54. The van der Waals surface area contributed by atoms with Crippen molar-refractivity contribution in [1.82, 2.24) is 10.2 Å². The normalized spacial score (nSPS) is 13.4. The van der Waals surface area contributed by atoms with Crippen molar-refractivity contribution < 1.29 is 0 Å². The number of rotatable bonds is 2. The largest absolute Gasteiger partial charge is 0.275 e. The molecule has 2 heterocycles. The van der Waals surface area contributed by atoms with Gasteiger partial charge in [0.2, 0.25) is 0 Å². The second kappa shape index (κ2) is 5.29. The summed E-state index contributed by atoms with van der Waals surface area (Å²) in [6.45, 7) is 0. The molecule has 1 aliphatic rings. The first-order valence-corrected chi connectivity index (χ1v) is 7.10. The molecule has 1 aromatic heterocycles. The summed E-state index contributed by atoms with van der Waals surface area (Å²) < 4.78 is 0. The van der Waals surface area contributed by atoms with Gasteiger partial charge in [-0.25, -0.2) is 0 Å². The number of anilines is 1. The van der Waals surface area contributed by atoms with Gasteiger partial charge >= 0.3 is 0 Å². The Morgan fingerprint density at radius 2 is 2.16 bits per heavy atom. The monoisotopic (exact) mass is 268 g/mol. The van der Waals surface area contributed by atoms with Crippen molar-refractivity contribution in [2.24, 2.45) is 0 Å². The van der Waals surface area contributed by atoms with E-state index in [-0.39, 0.29) is 0 Å². The number of nitriles is 1. The Bertz CT molecular complexity index is 631. The van der Waals surface area contributed by atoms with E-state index in [1.165, 1.54) is 22.6 Å². The molecule has 5 heteroatoms. The zero-order valence-corrected chi connectivity index (χ0v) is 11.1. The summed E-state index contributed by atoms with van der Waals surface area (Å²) in [5, 5.41) is 19.1. The second-order valence-corrected chi connectivity index (χ2v) is 5.45. The molecule has 0 atom stereocenters. The van der Waals surface area contributed by atoms with Gasteiger partial charge in [-0.05, 0) is 48.4 Å². The number of aryl methyl sites for hydroxylation is 1.